The van der Waals surface area contributed by atoms with Gasteiger partial charge >= 0.3 is 0 Å². The molecule has 0 radical (unpaired) electrons. The van der Waals surface area contributed by atoms with Gasteiger partial charge in [-0.2, -0.15) is 5.10 Å². The van der Waals surface area contributed by atoms with E-state index in [0.29, 0.717) is 6.61 Å². The fourth-order valence-electron chi connectivity index (χ4n) is 1.98. The molecular weight excluding hydrogens is 240 g/mol. The second-order valence-electron chi connectivity index (χ2n) is 4.37. The quantitative estimate of drug-likeness (QED) is 0.719. The highest BCUT2D eigenvalue weighted by Gasteiger charge is 2.07. The maximum atomic E-state index is 5.86. The van der Waals surface area contributed by atoms with Crippen molar-refractivity contribution in [2.45, 2.75) is 13.5 Å². The van der Waals surface area contributed by atoms with Crippen LogP contribution in [0.3, 0.4) is 0 Å². The minimum atomic E-state index is 0.393. The summed E-state index contributed by atoms with van der Waals surface area (Å²) in [6, 6.07) is 9.89. The molecular formula is C14H14N4O. The van der Waals surface area contributed by atoms with E-state index in [9.17, 15) is 0 Å². The van der Waals surface area contributed by atoms with Crippen LogP contribution in [0.5, 0.6) is 5.75 Å². The average Bonchev–Trinajstić information content (AvgIpc) is 2.81. The number of ether oxygens (including phenoxy) is 1. The SMILES string of the molecule is Cc1cc(OCc2ncnn2C)c2ccccc2n1. The van der Waals surface area contributed by atoms with Gasteiger partial charge in [0, 0.05) is 24.2 Å². The number of fused-ring (bicyclic) bond motifs is 1. The van der Waals surface area contributed by atoms with Crippen molar-refractivity contribution in [3.63, 3.8) is 0 Å². The normalized spacial score (nSPS) is 10.8. The fraction of sp³-hybridized carbons (Fsp3) is 0.214. The van der Waals surface area contributed by atoms with Crippen LogP contribution in [0.2, 0.25) is 0 Å². The van der Waals surface area contributed by atoms with Crippen LogP contribution in [0.15, 0.2) is 36.7 Å². The zero-order chi connectivity index (χ0) is 13.2. The van der Waals surface area contributed by atoms with Crippen LogP contribution in [0.1, 0.15) is 11.5 Å². The number of aromatic nitrogens is 4. The molecule has 0 spiro atoms. The van der Waals surface area contributed by atoms with Crippen LogP contribution < -0.4 is 4.74 Å². The lowest BCUT2D eigenvalue weighted by atomic mass is 10.2. The fourth-order valence-corrected chi connectivity index (χ4v) is 1.98. The second kappa shape index (κ2) is 4.68. The summed E-state index contributed by atoms with van der Waals surface area (Å²) >= 11 is 0. The molecule has 0 aliphatic carbocycles. The smallest absolute Gasteiger partial charge is 0.164 e. The van der Waals surface area contributed by atoms with Gasteiger partial charge in [-0.1, -0.05) is 12.1 Å². The Kier molecular flexibility index (Phi) is 2.87. The van der Waals surface area contributed by atoms with E-state index in [-0.39, 0.29) is 0 Å². The van der Waals surface area contributed by atoms with E-state index < -0.39 is 0 Å². The van der Waals surface area contributed by atoms with Crippen molar-refractivity contribution in [1.29, 1.82) is 0 Å². The number of benzene rings is 1. The second-order valence-corrected chi connectivity index (χ2v) is 4.37. The lowest BCUT2D eigenvalue weighted by molar-refractivity contribution is 0.293. The third-order valence-electron chi connectivity index (χ3n) is 2.97. The summed E-state index contributed by atoms with van der Waals surface area (Å²) in [7, 11) is 1.85. The molecule has 0 aliphatic rings. The van der Waals surface area contributed by atoms with Crippen molar-refractivity contribution in [3.05, 3.63) is 48.2 Å². The largest absolute Gasteiger partial charge is 0.485 e. The maximum absolute atomic E-state index is 5.86. The Hall–Kier alpha value is -2.43. The van der Waals surface area contributed by atoms with Crippen LogP contribution in [0.4, 0.5) is 0 Å². The summed E-state index contributed by atoms with van der Waals surface area (Å²) in [6.07, 6.45) is 1.52. The number of pyridine rings is 1. The molecule has 0 atom stereocenters. The first kappa shape index (κ1) is 11.6. The molecule has 0 fully saturated rings. The van der Waals surface area contributed by atoms with Crippen LogP contribution in [-0.4, -0.2) is 19.7 Å². The summed E-state index contributed by atoms with van der Waals surface area (Å²) in [5.41, 5.74) is 1.88. The zero-order valence-corrected chi connectivity index (χ0v) is 10.9. The van der Waals surface area contributed by atoms with Gasteiger partial charge in [0.1, 0.15) is 18.7 Å². The molecule has 96 valence electrons. The molecule has 5 heteroatoms. The van der Waals surface area contributed by atoms with Crippen LogP contribution >= 0.6 is 0 Å². The standard InChI is InChI=1S/C14H14N4O/c1-10-7-13(11-5-3-4-6-12(11)17-10)19-8-14-15-9-16-18(14)2/h3-7,9H,8H2,1-2H3. The van der Waals surface area contributed by atoms with E-state index >= 15 is 0 Å². The van der Waals surface area contributed by atoms with E-state index in [4.69, 9.17) is 4.74 Å². The predicted octanol–water partition coefficient (Wildman–Crippen LogP) is 2.25. The molecule has 2 aromatic heterocycles. The number of para-hydroxylation sites is 1. The summed E-state index contributed by atoms with van der Waals surface area (Å²) in [4.78, 5) is 8.63. The van der Waals surface area contributed by atoms with Crippen molar-refractivity contribution in [2.24, 2.45) is 7.05 Å². The van der Waals surface area contributed by atoms with Crippen molar-refractivity contribution in [2.75, 3.05) is 0 Å². The van der Waals surface area contributed by atoms with Crippen LogP contribution in [-0.2, 0) is 13.7 Å². The molecule has 3 rings (SSSR count). The Morgan fingerprint density at radius 1 is 1.26 bits per heavy atom. The van der Waals surface area contributed by atoms with E-state index in [1.54, 1.807) is 4.68 Å². The van der Waals surface area contributed by atoms with E-state index in [2.05, 4.69) is 15.1 Å². The first-order valence-electron chi connectivity index (χ1n) is 6.06. The highest BCUT2D eigenvalue weighted by molar-refractivity contribution is 5.85. The first-order chi connectivity index (χ1) is 9.24. The van der Waals surface area contributed by atoms with E-state index in [1.165, 1.54) is 6.33 Å². The Labute approximate surface area is 110 Å². The first-order valence-corrected chi connectivity index (χ1v) is 6.06. The highest BCUT2D eigenvalue weighted by Crippen LogP contribution is 2.25. The van der Waals surface area contributed by atoms with Crippen molar-refractivity contribution in [3.8, 4) is 5.75 Å². The van der Waals surface area contributed by atoms with Gasteiger partial charge in [-0.05, 0) is 19.1 Å². The summed E-state index contributed by atoms with van der Waals surface area (Å²) in [5, 5.41) is 5.03. The van der Waals surface area contributed by atoms with Crippen LogP contribution in [0, 0.1) is 6.92 Å². The predicted molar refractivity (Wildman–Crippen MR) is 71.8 cm³/mol. The average molecular weight is 254 g/mol. The van der Waals surface area contributed by atoms with Crippen molar-refractivity contribution < 1.29 is 4.74 Å². The summed E-state index contributed by atoms with van der Waals surface area (Å²) in [6.45, 7) is 2.35. The summed E-state index contributed by atoms with van der Waals surface area (Å²) in [5.74, 6) is 1.62. The molecule has 0 aliphatic heterocycles. The van der Waals surface area contributed by atoms with Crippen LogP contribution in [0.25, 0.3) is 10.9 Å². The molecule has 0 saturated heterocycles. The van der Waals surface area contributed by atoms with Crippen molar-refractivity contribution in [1.82, 2.24) is 19.7 Å². The Balaban J connectivity index is 1.94. The summed E-state index contributed by atoms with van der Waals surface area (Å²) < 4.78 is 7.57. The monoisotopic (exact) mass is 254 g/mol. The maximum Gasteiger partial charge on any atom is 0.164 e. The molecule has 0 bridgehead atoms. The van der Waals surface area contributed by atoms with E-state index in [0.717, 1.165) is 28.2 Å². The minimum Gasteiger partial charge on any atom is -0.485 e. The van der Waals surface area contributed by atoms with Gasteiger partial charge < -0.3 is 4.74 Å². The zero-order valence-electron chi connectivity index (χ0n) is 10.9. The number of hydrogen-bond donors (Lipinski definition) is 0. The molecule has 0 amide bonds. The number of nitrogens with zero attached hydrogens (tertiary/aromatic N) is 4. The van der Waals surface area contributed by atoms with Gasteiger partial charge in [-0.15, -0.1) is 0 Å². The van der Waals surface area contributed by atoms with Gasteiger partial charge in [0.05, 0.1) is 5.52 Å². The Morgan fingerprint density at radius 2 is 2.11 bits per heavy atom. The number of rotatable bonds is 3. The molecule has 1 aromatic carbocycles. The highest BCUT2D eigenvalue weighted by atomic mass is 16.5. The lowest BCUT2D eigenvalue weighted by Crippen LogP contribution is -2.05. The molecule has 2 heterocycles. The minimum absolute atomic E-state index is 0.393. The number of aryl methyl sites for hydroxylation is 2. The molecule has 0 saturated carbocycles. The molecule has 0 N–H and O–H groups in total. The molecule has 0 unspecified atom stereocenters. The van der Waals surface area contributed by atoms with Gasteiger partial charge in [-0.3, -0.25) is 9.67 Å². The number of hydrogen-bond acceptors (Lipinski definition) is 4. The molecule has 19 heavy (non-hydrogen) atoms. The molecule has 5 nitrogen and oxygen atoms in total. The van der Waals surface area contributed by atoms with Gasteiger partial charge in [-0.25, -0.2) is 4.98 Å². The third-order valence-corrected chi connectivity index (χ3v) is 2.97. The topological polar surface area (TPSA) is 52.8 Å². The Morgan fingerprint density at radius 3 is 2.89 bits per heavy atom. The van der Waals surface area contributed by atoms with Gasteiger partial charge in [0.15, 0.2) is 5.82 Å². The Bertz CT molecular complexity index is 720. The van der Waals surface area contributed by atoms with Gasteiger partial charge in [0.25, 0.3) is 0 Å². The van der Waals surface area contributed by atoms with Crippen molar-refractivity contribution >= 4 is 10.9 Å². The van der Waals surface area contributed by atoms with E-state index in [1.807, 2.05) is 44.3 Å². The molecule has 3 aromatic rings. The van der Waals surface area contributed by atoms with Gasteiger partial charge in [0.2, 0.25) is 0 Å². The lowest BCUT2D eigenvalue weighted by Gasteiger charge is -2.09. The third kappa shape index (κ3) is 2.27.